The van der Waals surface area contributed by atoms with Crippen LogP contribution in [0.1, 0.15) is 37.0 Å². The standard InChI is InChI=1S/C24H28ClF3N2O4S/c1-16-14-29(10-4-6-18-8-9-21(22(25)12-18)24(26,27)28)15-17(2)30(16)35(33,34)20-7-3-5-19(11-20)13-23(31)32/h3,5,7-9,11-12,16-17H,4,6,10,13-15H2,1-2H3,(H,31,32)/t16-,17?/m0/s1. The topological polar surface area (TPSA) is 77.9 Å². The van der Waals surface area contributed by atoms with Crippen molar-refractivity contribution in [2.45, 2.75) is 56.3 Å². The van der Waals surface area contributed by atoms with Crippen molar-refractivity contribution in [2.24, 2.45) is 0 Å². The molecule has 1 aliphatic rings. The summed E-state index contributed by atoms with van der Waals surface area (Å²) in [4.78, 5) is 13.2. The smallest absolute Gasteiger partial charge is 0.417 e. The first-order valence-electron chi connectivity index (χ1n) is 11.2. The largest absolute Gasteiger partial charge is 0.481 e. The predicted octanol–water partition coefficient (Wildman–Crippen LogP) is 4.70. The van der Waals surface area contributed by atoms with Gasteiger partial charge in [0.05, 0.1) is 21.9 Å². The predicted molar refractivity (Wildman–Crippen MR) is 127 cm³/mol. The maximum absolute atomic E-state index is 13.3. The number of aliphatic carboxylic acids is 1. The fourth-order valence-corrected chi connectivity index (χ4v) is 6.82. The van der Waals surface area contributed by atoms with Crippen molar-refractivity contribution in [3.8, 4) is 0 Å². The minimum atomic E-state index is -4.49. The van der Waals surface area contributed by atoms with Gasteiger partial charge in [-0.25, -0.2) is 8.42 Å². The number of sulfonamides is 1. The Morgan fingerprint density at radius 2 is 1.74 bits per heavy atom. The number of carboxylic acids is 1. The van der Waals surface area contributed by atoms with E-state index in [1.165, 1.54) is 28.6 Å². The first-order valence-corrected chi connectivity index (χ1v) is 13.0. The molecule has 0 saturated carbocycles. The molecule has 1 aliphatic heterocycles. The number of rotatable bonds is 8. The molecule has 0 aromatic heterocycles. The molecule has 0 bridgehead atoms. The van der Waals surface area contributed by atoms with Gasteiger partial charge in [0.1, 0.15) is 0 Å². The molecule has 1 heterocycles. The quantitative estimate of drug-likeness (QED) is 0.533. The number of piperazine rings is 1. The molecule has 0 radical (unpaired) electrons. The molecule has 3 rings (SSSR count). The lowest BCUT2D eigenvalue weighted by molar-refractivity contribution is -0.138. The van der Waals surface area contributed by atoms with E-state index in [1.807, 2.05) is 13.8 Å². The summed E-state index contributed by atoms with van der Waals surface area (Å²) in [6, 6.07) is 9.16. The second kappa shape index (κ2) is 10.9. The van der Waals surface area contributed by atoms with Gasteiger partial charge in [-0.05, 0) is 68.6 Å². The highest BCUT2D eigenvalue weighted by molar-refractivity contribution is 7.89. The van der Waals surface area contributed by atoms with Gasteiger partial charge in [0.15, 0.2) is 0 Å². The molecule has 1 N–H and O–H groups in total. The van der Waals surface area contributed by atoms with Gasteiger partial charge in [-0.3, -0.25) is 4.79 Å². The SMILES string of the molecule is CC1CN(CCCc2ccc(C(F)(F)F)c(Cl)c2)C[C@H](C)N1S(=O)(=O)c1cccc(CC(=O)O)c1. The summed E-state index contributed by atoms with van der Waals surface area (Å²) in [5.41, 5.74) is 0.281. The van der Waals surface area contributed by atoms with Crippen molar-refractivity contribution in [1.82, 2.24) is 9.21 Å². The van der Waals surface area contributed by atoms with Crippen LogP contribution >= 0.6 is 11.6 Å². The van der Waals surface area contributed by atoms with E-state index in [0.29, 0.717) is 43.6 Å². The summed E-state index contributed by atoms with van der Waals surface area (Å²) in [6.07, 6.45) is -3.51. The van der Waals surface area contributed by atoms with E-state index >= 15 is 0 Å². The van der Waals surface area contributed by atoms with Crippen LogP contribution < -0.4 is 0 Å². The van der Waals surface area contributed by atoms with Crippen LogP contribution in [0.2, 0.25) is 5.02 Å². The van der Waals surface area contributed by atoms with Crippen molar-refractivity contribution < 1.29 is 31.5 Å². The molecule has 1 fully saturated rings. The van der Waals surface area contributed by atoms with Gasteiger partial charge in [0.2, 0.25) is 10.0 Å². The third-order valence-corrected chi connectivity index (χ3v) is 8.46. The molecule has 2 aromatic carbocycles. The van der Waals surface area contributed by atoms with Gasteiger partial charge in [0, 0.05) is 25.2 Å². The molecule has 11 heteroatoms. The number of benzene rings is 2. The monoisotopic (exact) mass is 532 g/mol. The van der Waals surface area contributed by atoms with E-state index in [-0.39, 0.29) is 28.4 Å². The minimum Gasteiger partial charge on any atom is -0.481 e. The van der Waals surface area contributed by atoms with Gasteiger partial charge in [-0.2, -0.15) is 17.5 Å². The summed E-state index contributed by atoms with van der Waals surface area (Å²) >= 11 is 5.80. The molecule has 6 nitrogen and oxygen atoms in total. The number of hydrogen-bond acceptors (Lipinski definition) is 4. The lowest BCUT2D eigenvalue weighted by Gasteiger charge is -2.43. The maximum atomic E-state index is 13.3. The average molecular weight is 533 g/mol. The van der Waals surface area contributed by atoms with Crippen LogP contribution in [0.4, 0.5) is 13.2 Å². The van der Waals surface area contributed by atoms with Crippen LogP contribution in [0.15, 0.2) is 47.4 Å². The molecule has 1 unspecified atom stereocenters. The van der Waals surface area contributed by atoms with Crippen molar-refractivity contribution >= 4 is 27.6 Å². The van der Waals surface area contributed by atoms with Gasteiger partial charge >= 0.3 is 12.1 Å². The number of carboxylic acid groups (broad SMARTS) is 1. The molecule has 0 aliphatic carbocycles. The normalized spacial score (nSPS) is 20.2. The Bertz CT molecular complexity index is 1160. The second-order valence-electron chi connectivity index (χ2n) is 8.93. The van der Waals surface area contributed by atoms with Gasteiger partial charge in [-0.15, -0.1) is 0 Å². The first-order chi connectivity index (χ1) is 16.3. The van der Waals surface area contributed by atoms with Crippen LogP contribution in [-0.4, -0.2) is 60.4 Å². The Balaban J connectivity index is 1.62. The van der Waals surface area contributed by atoms with Crippen LogP contribution in [0, 0.1) is 0 Å². The van der Waals surface area contributed by atoms with Gasteiger partial charge in [0.25, 0.3) is 0 Å². The summed E-state index contributed by atoms with van der Waals surface area (Å²) in [5.74, 6) is -1.03. The fraction of sp³-hybridized carbons (Fsp3) is 0.458. The average Bonchev–Trinajstić information content (AvgIpc) is 2.72. The minimum absolute atomic E-state index is 0.0718. The van der Waals surface area contributed by atoms with E-state index in [2.05, 4.69) is 4.90 Å². The molecule has 192 valence electrons. The Kier molecular flexibility index (Phi) is 8.52. The Morgan fingerprint density at radius 3 is 2.31 bits per heavy atom. The van der Waals surface area contributed by atoms with Crippen molar-refractivity contribution in [3.05, 3.63) is 64.2 Å². The van der Waals surface area contributed by atoms with Crippen molar-refractivity contribution in [2.75, 3.05) is 19.6 Å². The molecular weight excluding hydrogens is 505 g/mol. The van der Waals surface area contributed by atoms with Crippen molar-refractivity contribution in [3.63, 3.8) is 0 Å². The molecule has 35 heavy (non-hydrogen) atoms. The van der Waals surface area contributed by atoms with E-state index in [9.17, 15) is 26.4 Å². The second-order valence-corrected chi connectivity index (χ2v) is 11.2. The zero-order chi connectivity index (χ0) is 26.0. The highest BCUT2D eigenvalue weighted by Crippen LogP contribution is 2.35. The fourth-order valence-electron chi connectivity index (χ4n) is 4.64. The van der Waals surface area contributed by atoms with Gasteiger partial charge in [-0.1, -0.05) is 29.8 Å². The van der Waals surface area contributed by atoms with E-state index in [4.69, 9.17) is 16.7 Å². The summed E-state index contributed by atoms with van der Waals surface area (Å²) in [6.45, 7) is 5.33. The van der Waals surface area contributed by atoms with Crippen LogP contribution in [0.5, 0.6) is 0 Å². The molecule has 0 spiro atoms. The van der Waals surface area contributed by atoms with E-state index in [1.54, 1.807) is 12.1 Å². The zero-order valence-electron chi connectivity index (χ0n) is 19.4. The third-order valence-electron chi connectivity index (χ3n) is 6.02. The van der Waals surface area contributed by atoms with Crippen LogP contribution in [0.3, 0.4) is 0 Å². The molecule has 1 saturated heterocycles. The number of carbonyl (C=O) groups is 1. The number of halogens is 4. The molecule has 2 atom stereocenters. The number of aryl methyl sites for hydroxylation is 1. The zero-order valence-corrected chi connectivity index (χ0v) is 21.0. The summed E-state index contributed by atoms with van der Waals surface area (Å²) in [7, 11) is -3.82. The Morgan fingerprint density at radius 1 is 1.09 bits per heavy atom. The van der Waals surface area contributed by atoms with E-state index < -0.39 is 27.7 Å². The highest BCUT2D eigenvalue weighted by Gasteiger charge is 2.38. The summed E-state index contributed by atoms with van der Waals surface area (Å²) < 4.78 is 66.8. The first kappa shape index (κ1) is 27.4. The lowest BCUT2D eigenvalue weighted by atomic mass is 10.1. The lowest BCUT2D eigenvalue weighted by Crippen LogP contribution is -2.58. The Labute approximate surface area is 208 Å². The van der Waals surface area contributed by atoms with Crippen LogP contribution in [-0.2, 0) is 33.8 Å². The van der Waals surface area contributed by atoms with Gasteiger partial charge < -0.3 is 10.0 Å². The molecule has 0 amide bonds. The van der Waals surface area contributed by atoms with Crippen molar-refractivity contribution in [1.29, 1.82) is 0 Å². The summed E-state index contributed by atoms with van der Waals surface area (Å²) in [5, 5.41) is 8.69. The number of hydrogen-bond donors (Lipinski definition) is 1. The van der Waals surface area contributed by atoms with Crippen LogP contribution in [0.25, 0.3) is 0 Å². The number of alkyl halides is 3. The maximum Gasteiger partial charge on any atom is 0.417 e. The Hall–Kier alpha value is -2.14. The molecule has 2 aromatic rings. The highest BCUT2D eigenvalue weighted by atomic mass is 35.5. The molecular formula is C24H28ClF3N2O4S. The number of nitrogens with zero attached hydrogens (tertiary/aromatic N) is 2. The third kappa shape index (κ3) is 6.75. The van der Waals surface area contributed by atoms with E-state index in [0.717, 1.165) is 6.07 Å².